The normalized spacial score (nSPS) is 35.4. The Morgan fingerprint density at radius 3 is 2.57 bits per heavy atom. The first-order chi connectivity index (χ1) is 9.82. The highest BCUT2D eigenvalue weighted by atomic mass is 32.2. The summed E-state index contributed by atoms with van der Waals surface area (Å²) in [7, 11) is -3.47. The zero-order valence-electron chi connectivity index (χ0n) is 12.6. The average Bonchev–Trinajstić information content (AvgIpc) is 3.02. The maximum Gasteiger partial charge on any atom is 0.322 e. The summed E-state index contributed by atoms with van der Waals surface area (Å²) >= 11 is 0. The van der Waals surface area contributed by atoms with Crippen molar-refractivity contribution in [3.8, 4) is 0 Å². The van der Waals surface area contributed by atoms with Crippen molar-refractivity contribution >= 4 is 16.0 Å². The molecule has 5 nitrogen and oxygen atoms in total. The summed E-state index contributed by atoms with van der Waals surface area (Å²) in [6, 6.07) is -0.910. The van der Waals surface area contributed by atoms with Gasteiger partial charge in [-0.3, -0.25) is 4.79 Å². The molecule has 0 amide bonds. The van der Waals surface area contributed by atoms with Crippen LogP contribution in [-0.4, -0.2) is 41.6 Å². The number of fused-ring (bicyclic) bond motifs is 1. The molecule has 21 heavy (non-hydrogen) atoms. The minimum Gasteiger partial charge on any atom is -0.480 e. The van der Waals surface area contributed by atoms with Crippen LogP contribution in [0.5, 0.6) is 0 Å². The number of carbonyl (C=O) groups is 1. The topological polar surface area (TPSA) is 74.7 Å². The van der Waals surface area contributed by atoms with E-state index in [1.165, 1.54) is 4.31 Å². The van der Waals surface area contributed by atoms with E-state index >= 15 is 0 Å². The molecule has 3 rings (SSSR count). The van der Waals surface area contributed by atoms with Gasteiger partial charge in [-0.15, -0.1) is 0 Å². The Labute approximate surface area is 126 Å². The van der Waals surface area contributed by atoms with E-state index in [2.05, 4.69) is 6.92 Å². The first kappa shape index (κ1) is 15.3. The molecule has 2 saturated carbocycles. The van der Waals surface area contributed by atoms with E-state index in [-0.39, 0.29) is 23.1 Å². The average molecular weight is 315 g/mol. The van der Waals surface area contributed by atoms with Gasteiger partial charge in [0.05, 0.1) is 5.75 Å². The first-order valence-electron chi connectivity index (χ1n) is 8.06. The highest BCUT2D eigenvalue weighted by Crippen LogP contribution is 2.49. The SMILES string of the molecule is CC1(CCS(=O)(=O)N2C(C(=O)O)CC3CCCCC32)CC1. The fraction of sp³-hybridized carbons (Fsp3) is 0.933. The maximum absolute atomic E-state index is 12.7. The molecule has 0 spiro atoms. The van der Waals surface area contributed by atoms with Crippen molar-refractivity contribution in [1.82, 2.24) is 4.31 Å². The Bertz CT molecular complexity index is 526. The summed E-state index contributed by atoms with van der Waals surface area (Å²) in [4.78, 5) is 11.5. The van der Waals surface area contributed by atoms with Crippen molar-refractivity contribution in [2.75, 3.05) is 5.75 Å². The zero-order chi connectivity index (χ0) is 15.3. The lowest BCUT2D eigenvalue weighted by Gasteiger charge is -2.32. The van der Waals surface area contributed by atoms with Gasteiger partial charge in [-0.25, -0.2) is 8.42 Å². The molecule has 0 bridgehead atoms. The molecule has 0 aromatic carbocycles. The molecule has 3 aliphatic rings. The second-order valence-corrected chi connectivity index (χ2v) is 9.40. The van der Waals surface area contributed by atoms with E-state index in [4.69, 9.17) is 0 Å². The Morgan fingerprint density at radius 2 is 1.95 bits per heavy atom. The van der Waals surface area contributed by atoms with Crippen molar-refractivity contribution in [2.24, 2.45) is 11.3 Å². The van der Waals surface area contributed by atoms with Gasteiger partial charge < -0.3 is 5.11 Å². The van der Waals surface area contributed by atoms with Gasteiger partial charge in [0.25, 0.3) is 0 Å². The summed E-state index contributed by atoms with van der Waals surface area (Å²) in [5, 5.41) is 9.43. The third-order valence-electron chi connectivity index (χ3n) is 5.70. The molecule has 3 atom stereocenters. The number of aliphatic carboxylic acids is 1. The van der Waals surface area contributed by atoms with Gasteiger partial charge in [0.1, 0.15) is 6.04 Å². The number of carboxylic acid groups (broad SMARTS) is 1. The smallest absolute Gasteiger partial charge is 0.322 e. The Balaban J connectivity index is 1.79. The van der Waals surface area contributed by atoms with Crippen molar-refractivity contribution in [3.05, 3.63) is 0 Å². The molecule has 120 valence electrons. The zero-order valence-corrected chi connectivity index (χ0v) is 13.4. The van der Waals surface area contributed by atoms with Crippen LogP contribution in [0.15, 0.2) is 0 Å². The van der Waals surface area contributed by atoms with Crippen LogP contribution >= 0.6 is 0 Å². The van der Waals surface area contributed by atoms with Gasteiger partial charge in [-0.05, 0) is 49.9 Å². The van der Waals surface area contributed by atoms with Crippen LogP contribution in [0.25, 0.3) is 0 Å². The molecule has 2 aliphatic carbocycles. The quantitative estimate of drug-likeness (QED) is 0.844. The molecular formula is C15H25NO4S. The monoisotopic (exact) mass is 315 g/mol. The van der Waals surface area contributed by atoms with Crippen molar-refractivity contribution in [2.45, 2.75) is 70.4 Å². The third-order valence-corrected chi connectivity index (χ3v) is 7.59. The van der Waals surface area contributed by atoms with Gasteiger partial charge in [0.15, 0.2) is 0 Å². The number of rotatable bonds is 5. The van der Waals surface area contributed by atoms with Crippen LogP contribution in [0, 0.1) is 11.3 Å². The first-order valence-corrected chi connectivity index (χ1v) is 9.67. The maximum atomic E-state index is 12.7. The Morgan fingerprint density at radius 1 is 1.29 bits per heavy atom. The van der Waals surface area contributed by atoms with Crippen molar-refractivity contribution < 1.29 is 18.3 Å². The summed E-state index contributed by atoms with van der Waals surface area (Å²) < 4.78 is 26.9. The van der Waals surface area contributed by atoms with E-state index < -0.39 is 22.0 Å². The lowest BCUT2D eigenvalue weighted by Crippen LogP contribution is -2.47. The minimum absolute atomic E-state index is 0.0724. The van der Waals surface area contributed by atoms with Gasteiger partial charge in [-0.1, -0.05) is 19.8 Å². The van der Waals surface area contributed by atoms with E-state index in [9.17, 15) is 18.3 Å². The molecule has 1 aliphatic heterocycles. The van der Waals surface area contributed by atoms with Gasteiger partial charge >= 0.3 is 5.97 Å². The van der Waals surface area contributed by atoms with Crippen LogP contribution < -0.4 is 0 Å². The predicted molar refractivity (Wildman–Crippen MR) is 79.4 cm³/mol. The largest absolute Gasteiger partial charge is 0.480 e. The highest BCUT2D eigenvalue weighted by molar-refractivity contribution is 7.89. The van der Waals surface area contributed by atoms with Crippen LogP contribution in [-0.2, 0) is 14.8 Å². The molecule has 1 N–H and O–H groups in total. The number of carboxylic acids is 1. The minimum atomic E-state index is -3.47. The van der Waals surface area contributed by atoms with Crippen LogP contribution in [0.4, 0.5) is 0 Å². The standard InChI is InChI=1S/C15H25NO4S/c1-15(6-7-15)8-9-21(19,20)16-12-5-3-2-4-11(12)10-13(16)14(17)18/h11-13H,2-10H2,1H3,(H,17,18). The molecule has 0 radical (unpaired) electrons. The lowest BCUT2D eigenvalue weighted by atomic mass is 9.85. The van der Waals surface area contributed by atoms with Crippen molar-refractivity contribution in [3.63, 3.8) is 0 Å². The fourth-order valence-corrected chi connectivity index (χ4v) is 6.19. The lowest BCUT2D eigenvalue weighted by molar-refractivity contribution is -0.141. The van der Waals surface area contributed by atoms with Crippen LogP contribution in [0.1, 0.15) is 58.3 Å². The summed E-state index contributed by atoms with van der Waals surface area (Å²) in [5.74, 6) is -0.631. The molecule has 6 heteroatoms. The van der Waals surface area contributed by atoms with Gasteiger partial charge in [0.2, 0.25) is 10.0 Å². The number of nitrogens with zero attached hydrogens (tertiary/aromatic N) is 1. The highest BCUT2D eigenvalue weighted by Gasteiger charge is 2.51. The second kappa shape index (κ2) is 5.23. The Hall–Kier alpha value is -0.620. The molecule has 3 fully saturated rings. The molecular weight excluding hydrogens is 290 g/mol. The number of hydrogen-bond acceptors (Lipinski definition) is 3. The van der Waals surface area contributed by atoms with Crippen molar-refractivity contribution in [1.29, 1.82) is 0 Å². The third kappa shape index (κ3) is 2.97. The second-order valence-electron chi connectivity index (χ2n) is 7.41. The van der Waals surface area contributed by atoms with E-state index in [1.807, 2.05) is 0 Å². The van der Waals surface area contributed by atoms with Crippen LogP contribution in [0.3, 0.4) is 0 Å². The summed E-state index contributed by atoms with van der Waals surface area (Å²) in [6.07, 6.45) is 7.25. The molecule has 1 heterocycles. The Kier molecular flexibility index (Phi) is 3.81. The van der Waals surface area contributed by atoms with Gasteiger partial charge in [-0.2, -0.15) is 4.31 Å². The van der Waals surface area contributed by atoms with E-state index in [1.54, 1.807) is 0 Å². The molecule has 0 aromatic rings. The number of hydrogen-bond donors (Lipinski definition) is 1. The molecule has 0 aromatic heterocycles. The summed E-state index contributed by atoms with van der Waals surface area (Å²) in [6.45, 7) is 2.12. The predicted octanol–water partition coefficient (Wildman–Crippen LogP) is 2.22. The van der Waals surface area contributed by atoms with E-state index in [0.29, 0.717) is 12.8 Å². The van der Waals surface area contributed by atoms with E-state index in [0.717, 1.165) is 38.5 Å². The summed E-state index contributed by atoms with van der Waals surface area (Å²) in [5.41, 5.74) is 0.178. The van der Waals surface area contributed by atoms with Gasteiger partial charge in [0, 0.05) is 6.04 Å². The fourth-order valence-electron chi connectivity index (χ4n) is 3.97. The molecule has 3 unspecified atom stereocenters. The molecule has 1 saturated heterocycles. The van der Waals surface area contributed by atoms with Crippen LogP contribution in [0.2, 0.25) is 0 Å². The number of sulfonamides is 1.